The Morgan fingerprint density at radius 1 is 1.40 bits per heavy atom. The summed E-state index contributed by atoms with van der Waals surface area (Å²) in [5.74, 6) is -1.10. The van der Waals surface area contributed by atoms with Crippen molar-refractivity contribution in [2.75, 3.05) is 13.4 Å². The van der Waals surface area contributed by atoms with Gasteiger partial charge >= 0.3 is 5.97 Å². The lowest BCUT2D eigenvalue weighted by atomic mass is 10.0. The topological polar surface area (TPSA) is 101 Å². The van der Waals surface area contributed by atoms with Crippen LogP contribution in [0.2, 0.25) is 0 Å². The molecule has 0 aliphatic rings. The van der Waals surface area contributed by atoms with Crippen LogP contribution in [0.15, 0.2) is 0 Å². The molecule has 0 rings (SSSR count). The Labute approximate surface area is 89.8 Å². The molecule has 2 atom stereocenters. The molecule has 0 aromatic rings. The number of aliphatic hydroxyl groups is 2. The number of rotatable bonds is 7. The van der Waals surface area contributed by atoms with E-state index in [1.165, 1.54) is 6.92 Å². The summed E-state index contributed by atoms with van der Waals surface area (Å²) < 4.78 is 25.4. The summed E-state index contributed by atoms with van der Waals surface area (Å²) in [6.45, 7) is 0.516. The summed E-state index contributed by atoms with van der Waals surface area (Å²) in [6.07, 6.45) is 0.111. The third-order valence-electron chi connectivity index (χ3n) is 1.97. The lowest BCUT2D eigenvalue weighted by Gasteiger charge is -2.14. The van der Waals surface area contributed by atoms with Gasteiger partial charge in [0.05, 0.1) is 11.7 Å². The van der Waals surface area contributed by atoms with Crippen molar-refractivity contribution >= 4 is 16.7 Å². The fourth-order valence-corrected chi connectivity index (χ4v) is 1.63. The highest BCUT2D eigenvalue weighted by molar-refractivity contribution is 7.73. The van der Waals surface area contributed by atoms with Crippen LogP contribution in [0, 0.1) is 5.92 Å². The van der Waals surface area contributed by atoms with Crippen molar-refractivity contribution in [2.24, 2.45) is 5.92 Å². The van der Waals surface area contributed by atoms with Gasteiger partial charge in [0.15, 0.2) is 6.79 Å². The molecule has 0 heterocycles. The van der Waals surface area contributed by atoms with Gasteiger partial charge in [-0.3, -0.25) is 4.79 Å². The standard InChI is InChI=1S/C8H16O6S/c1-6(15(12)13)2-7(4-9)3-8(11)14-5-10/h6-7,9-10,15H,2-5H2,1H3. The first-order valence-corrected chi connectivity index (χ1v) is 5.76. The Bertz CT molecular complexity index is 254. The number of thiol groups is 1. The number of hydrogen-bond acceptors (Lipinski definition) is 6. The Morgan fingerprint density at radius 3 is 2.40 bits per heavy atom. The SMILES string of the molecule is CC(CC(CO)CC(=O)OCO)[SH](=O)=O. The predicted octanol–water partition coefficient (Wildman–Crippen LogP) is -1.13. The molecule has 6 nitrogen and oxygen atoms in total. The third kappa shape index (κ3) is 6.43. The van der Waals surface area contributed by atoms with Gasteiger partial charge in [-0.05, 0) is 19.3 Å². The van der Waals surface area contributed by atoms with Crippen LogP contribution < -0.4 is 0 Å². The summed E-state index contributed by atoms with van der Waals surface area (Å²) in [5.41, 5.74) is 0. The maximum atomic E-state index is 10.9. The molecule has 0 aromatic heterocycles. The summed E-state index contributed by atoms with van der Waals surface area (Å²) in [5, 5.41) is 16.6. The molecule has 0 saturated carbocycles. The minimum absolute atomic E-state index is 0.0927. The van der Waals surface area contributed by atoms with E-state index in [-0.39, 0.29) is 19.4 Å². The fourth-order valence-electron chi connectivity index (χ4n) is 1.16. The molecule has 2 N–H and O–H groups in total. The fraction of sp³-hybridized carbons (Fsp3) is 0.875. The van der Waals surface area contributed by atoms with Gasteiger partial charge in [-0.15, -0.1) is 0 Å². The van der Waals surface area contributed by atoms with Gasteiger partial charge in [-0.2, -0.15) is 0 Å². The molecule has 0 aliphatic heterocycles. The van der Waals surface area contributed by atoms with Crippen LogP contribution in [-0.4, -0.2) is 43.2 Å². The molecular weight excluding hydrogens is 224 g/mol. The molecule has 0 fully saturated rings. The number of aliphatic hydroxyl groups excluding tert-OH is 2. The van der Waals surface area contributed by atoms with Crippen molar-refractivity contribution in [3.63, 3.8) is 0 Å². The summed E-state index contributed by atoms with van der Waals surface area (Å²) in [4.78, 5) is 10.9. The molecule has 7 heteroatoms. The highest BCUT2D eigenvalue weighted by Gasteiger charge is 2.18. The minimum Gasteiger partial charge on any atom is -0.439 e. The molecule has 90 valence electrons. The minimum atomic E-state index is -2.55. The summed E-state index contributed by atoms with van der Waals surface area (Å²) in [6, 6.07) is 0. The molecular formula is C8H16O6S. The van der Waals surface area contributed by atoms with Gasteiger partial charge in [0.2, 0.25) is 0 Å². The van der Waals surface area contributed by atoms with Gasteiger partial charge in [-0.1, -0.05) is 0 Å². The van der Waals surface area contributed by atoms with E-state index in [4.69, 9.17) is 10.2 Å². The van der Waals surface area contributed by atoms with Crippen molar-refractivity contribution in [3.05, 3.63) is 0 Å². The van der Waals surface area contributed by atoms with Crippen LogP contribution >= 0.6 is 0 Å². The molecule has 2 unspecified atom stereocenters. The number of ether oxygens (including phenoxy) is 1. The van der Waals surface area contributed by atoms with Crippen LogP contribution in [0.5, 0.6) is 0 Å². The second-order valence-electron chi connectivity index (χ2n) is 3.27. The highest BCUT2D eigenvalue weighted by Crippen LogP contribution is 2.13. The predicted molar refractivity (Wildman–Crippen MR) is 52.8 cm³/mol. The van der Waals surface area contributed by atoms with Crippen LogP contribution in [0.25, 0.3) is 0 Å². The molecule has 0 amide bonds. The number of carbonyl (C=O) groups is 1. The second-order valence-corrected chi connectivity index (χ2v) is 4.72. The number of carbonyl (C=O) groups excluding carboxylic acids is 1. The zero-order valence-electron chi connectivity index (χ0n) is 8.46. The van der Waals surface area contributed by atoms with Crippen molar-refractivity contribution in [3.8, 4) is 0 Å². The zero-order chi connectivity index (χ0) is 11.8. The van der Waals surface area contributed by atoms with Crippen molar-refractivity contribution in [1.29, 1.82) is 0 Å². The molecule has 0 radical (unpaired) electrons. The van der Waals surface area contributed by atoms with E-state index >= 15 is 0 Å². The number of hydrogen-bond donors (Lipinski definition) is 3. The lowest BCUT2D eigenvalue weighted by molar-refractivity contribution is -0.153. The van der Waals surface area contributed by atoms with Gasteiger partial charge in [0, 0.05) is 6.61 Å². The van der Waals surface area contributed by atoms with E-state index in [9.17, 15) is 13.2 Å². The highest BCUT2D eigenvalue weighted by atomic mass is 32.2. The van der Waals surface area contributed by atoms with E-state index < -0.39 is 34.6 Å². The van der Waals surface area contributed by atoms with Gasteiger partial charge < -0.3 is 14.9 Å². The quantitative estimate of drug-likeness (QED) is 0.296. The Balaban J connectivity index is 4.08. The van der Waals surface area contributed by atoms with Crippen molar-refractivity contribution < 1.29 is 28.2 Å². The van der Waals surface area contributed by atoms with Gasteiger partial charge in [-0.25, -0.2) is 8.42 Å². The molecule has 0 saturated heterocycles. The van der Waals surface area contributed by atoms with Gasteiger partial charge in [0.1, 0.15) is 10.7 Å². The summed E-state index contributed by atoms with van der Waals surface area (Å²) >= 11 is 0. The van der Waals surface area contributed by atoms with Gasteiger partial charge in [0.25, 0.3) is 0 Å². The first kappa shape index (κ1) is 14.3. The van der Waals surface area contributed by atoms with E-state index in [0.29, 0.717) is 0 Å². The molecule has 0 spiro atoms. The third-order valence-corrected chi connectivity index (χ3v) is 2.90. The van der Waals surface area contributed by atoms with E-state index in [1.807, 2.05) is 0 Å². The maximum absolute atomic E-state index is 10.9. The monoisotopic (exact) mass is 240 g/mol. The Hall–Kier alpha value is -0.660. The maximum Gasteiger partial charge on any atom is 0.308 e. The molecule has 0 bridgehead atoms. The van der Waals surface area contributed by atoms with Crippen LogP contribution in [0.3, 0.4) is 0 Å². The largest absolute Gasteiger partial charge is 0.439 e. The van der Waals surface area contributed by atoms with E-state index in [2.05, 4.69) is 4.74 Å². The van der Waals surface area contributed by atoms with Crippen molar-refractivity contribution in [1.82, 2.24) is 0 Å². The average Bonchev–Trinajstić information content (AvgIpc) is 2.16. The lowest BCUT2D eigenvalue weighted by Crippen LogP contribution is -2.20. The molecule has 15 heavy (non-hydrogen) atoms. The Morgan fingerprint density at radius 2 is 2.00 bits per heavy atom. The van der Waals surface area contributed by atoms with E-state index in [1.54, 1.807) is 0 Å². The van der Waals surface area contributed by atoms with Crippen molar-refractivity contribution in [2.45, 2.75) is 25.0 Å². The normalized spacial score (nSPS) is 14.9. The Kier molecular flexibility index (Phi) is 7.27. The van der Waals surface area contributed by atoms with E-state index in [0.717, 1.165) is 0 Å². The van der Waals surface area contributed by atoms with Crippen LogP contribution in [0.1, 0.15) is 19.8 Å². The molecule has 0 aliphatic carbocycles. The first-order chi connectivity index (χ1) is 7.01. The number of esters is 1. The van der Waals surface area contributed by atoms with Crippen LogP contribution in [-0.2, 0) is 20.2 Å². The summed E-state index contributed by atoms with van der Waals surface area (Å²) in [7, 11) is -2.55. The smallest absolute Gasteiger partial charge is 0.308 e. The molecule has 0 aromatic carbocycles. The van der Waals surface area contributed by atoms with Crippen LogP contribution in [0.4, 0.5) is 0 Å². The first-order valence-electron chi connectivity index (χ1n) is 4.52. The zero-order valence-corrected chi connectivity index (χ0v) is 9.35. The average molecular weight is 240 g/mol. The second kappa shape index (κ2) is 7.61.